The third-order valence-electron chi connectivity index (χ3n) is 2.91. The van der Waals surface area contributed by atoms with Crippen LogP contribution in [-0.4, -0.2) is 33.2 Å². The fourth-order valence-corrected chi connectivity index (χ4v) is 2.85. The molecule has 0 aliphatic carbocycles. The van der Waals surface area contributed by atoms with Crippen LogP contribution in [0.25, 0.3) is 0 Å². The van der Waals surface area contributed by atoms with E-state index in [1.807, 2.05) is 6.07 Å². The average Bonchev–Trinajstić information content (AvgIpc) is 2.49. The van der Waals surface area contributed by atoms with Crippen molar-refractivity contribution in [3.05, 3.63) is 29.8 Å². The number of alkyl carbamates (subject to hydrolysis) is 1. The largest absolute Gasteiger partial charge is 0.444 e. The average molecular weight is 353 g/mol. The number of carbonyl (C=O) groups excluding carboxylic acids is 1. The molecule has 0 radical (unpaired) electrons. The van der Waals surface area contributed by atoms with Crippen molar-refractivity contribution in [2.45, 2.75) is 38.2 Å². The fraction of sp³-hybridized carbons (Fsp3) is 0.500. The van der Waals surface area contributed by atoms with Crippen molar-refractivity contribution < 1.29 is 17.9 Å². The molecule has 1 aromatic rings. The van der Waals surface area contributed by atoms with Crippen LogP contribution in [0.1, 0.15) is 33.3 Å². The van der Waals surface area contributed by atoms with Gasteiger partial charge in [-0.15, -0.1) is 0 Å². The molecule has 8 heteroatoms. The quantitative estimate of drug-likeness (QED) is 0.813. The molecule has 2 N–H and O–H groups in total. The molecule has 0 spiro atoms. The van der Waals surface area contributed by atoms with Crippen LogP contribution < -0.4 is 10.0 Å². The maximum absolute atomic E-state index is 12.2. The van der Waals surface area contributed by atoms with Crippen molar-refractivity contribution in [3.8, 4) is 6.07 Å². The second-order valence-corrected chi connectivity index (χ2v) is 8.24. The number of amides is 1. The Morgan fingerprint density at radius 1 is 1.25 bits per heavy atom. The van der Waals surface area contributed by atoms with E-state index >= 15 is 0 Å². The predicted octanol–water partition coefficient (Wildman–Crippen LogP) is 2.00. The van der Waals surface area contributed by atoms with Gasteiger partial charge in [-0.1, -0.05) is 6.92 Å². The molecule has 1 atom stereocenters. The first-order chi connectivity index (χ1) is 11.0. The summed E-state index contributed by atoms with van der Waals surface area (Å²) >= 11 is 0. The highest BCUT2D eigenvalue weighted by atomic mass is 32.2. The number of carbonyl (C=O) groups is 1. The Morgan fingerprint density at radius 3 is 2.33 bits per heavy atom. The van der Waals surface area contributed by atoms with Gasteiger partial charge in [-0.05, 0) is 51.0 Å². The zero-order chi connectivity index (χ0) is 18.4. The molecule has 0 saturated heterocycles. The summed E-state index contributed by atoms with van der Waals surface area (Å²) < 4.78 is 31.9. The van der Waals surface area contributed by atoms with Crippen LogP contribution in [-0.2, 0) is 14.8 Å². The van der Waals surface area contributed by atoms with Crippen LogP contribution >= 0.6 is 0 Å². The zero-order valence-corrected chi connectivity index (χ0v) is 15.1. The summed E-state index contributed by atoms with van der Waals surface area (Å²) in [5.41, 5.74) is -0.186. The number of hydrogen-bond donors (Lipinski definition) is 2. The van der Waals surface area contributed by atoms with Gasteiger partial charge >= 0.3 is 6.09 Å². The Hall–Kier alpha value is -2.11. The van der Waals surface area contributed by atoms with E-state index in [1.165, 1.54) is 24.3 Å². The second-order valence-electron chi connectivity index (χ2n) is 6.48. The maximum atomic E-state index is 12.2. The molecule has 0 bridgehead atoms. The van der Waals surface area contributed by atoms with E-state index < -0.39 is 21.7 Å². The number of hydrogen-bond acceptors (Lipinski definition) is 5. The standard InChI is InChI=1S/C16H23N3O4S/c1-12(10-18-15(20)23-16(2,3)4)11-19-24(21,22)14-7-5-13(9-17)6-8-14/h5-8,12,19H,10-11H2,1-4H3,(H,18,20)/t12-/m1/s1. The Kier molecular flexibility index (Phi) is 6.75. The van der Waals surface area contributed by atoms with Crippen LogP contribution in [0, 0.1) is 17.2 Å². The Balaban J connectivity index is 2.49. The number of nitrogens with zero attached hydrogens (tertiary/aromatic N) is 1. The number of rotatable bonds is 6. The minimum absolute atomic E-state index is 0.0915. The molecule has 1 rings (SSSR count). The normalized spacial score (nSPS) is 13.0. The first-order valence-corrected chi connectivity index (χ1v) is 8.98. The molecule has 0 saturated carbocycles. The molecule has 0 aliphatic rings. The van der Waals surface area contributed by atoms with Gasteiger partial charge in [0.1, 0.15) is 5.60 Å². The lowest BCUT2D eigenvalue weighted by Crippen LogP contribution is -2.38. The fourth-order valence-electron chi connectivity index (χ4n) is 1.69. The number of sulfonamides is 1. The van der Waals surface area contributed by atoms with Crippen molar-refractivity contribution in [2.24, 2.45) is 5.92 Å². The summed E-state index contributed by atoms with van der Waals surface area (Å²) in [6, 6.07) is 7.58. The molecule has 0 heterocycles. The molecular formula is C16H23N3O4S. The minimum Gasteiger partial charge on any atom is -0.444 e. The molecule has 0 aromatic heterocycles. The van der Waals surface area contributed by atoms with E-state index in [1.54, 1.807) is 27.7 Å². The van der Waals surface area contributed by atoms with E-state index in [9.17, 15) is 13.2 Å². The molecule has 7 nitrogen and oxygen atoms in total. The van der Waals surface area contributed by atoms with Gasteiger partial charge in [0.25, 0.3) is 0 Å². The summed E-state index contributed by atoms with van der Waals surface area (Å²) in [5.74, 6) is -0.120. The van der Waals surface area contributed by atoms with Crippen molar-refractivity contribution in [2.75, 3.05) is 13.1 Å². The molecule has 0 fully saturated rings. The lowest BCUT2D eigenvalue weighted by Gasteiger charge is -2.21. The first kappa shape index (κ1) is 19.9. The van der Waals surface area contributed by atoms with E-state index in [-0.39, 0.29) is 23.9 Å². The van der Waals surface area contributed by atoms with E-state index in [0.29, 0.717) is 5.56 Å². The molecule has 1 aromatic carbocycles. The summed E-state index contributed by atoms with van der Waals surface area (Å²) in [5, 5.41) is 11.3. The highest BCUT2D eigenvalue weighted by Crippen LogP contribution is 2.10. The number of ether oxygens (including phenoxy) is 1. The molecule has 0 unspecified atom stereocenters. The van der Waals surface area contributed by atoms with Crippen molar-refractivity contribution >= 4 is 16.1 Å². The summed E-state index contributed by atoms with van der Waals surface area (Å²) in [4.78, 5) is 11.6. The third-order valence-corrected chi connectivity index (χ3v) is 4.35. The van der Waals surface area contributed by atoms with Gasteiger partial charge in [-0.2, -0.15) is 5.26 Å². The van der Waals surface area contributed by atoms with Gasteiger partial charge in [0.2, 0.25) is 10.0 Å². The molecule has 24 heavy (non-hydrogen) atoms. The molecular weight excluding hydrogens is 330 g/mol. The second kappa shape index (κ2) is 8.13. The highest BCUT2D eigenvalue weighted by molar-refractivity contribution is 7.89. The topological polar surface area (TPSA) is 108 Å². The number of benzene rings is 1. The molecule has 0 aliphatic heterocycles. The minimum atomic E-state index is -3.65. The predicted molar refractivity (Wildman–Crippen MR) is 89.7 cm³/mol. The summed E-state index contributed by atoms with van der Waals surface area (Å²) in [6.07, 6.45) is -0.538. The van der Waals surface area contributed by atoms with E-state index in [0.717, 1.165) is 0 Å². The van der Waals surface area contributed by atoms with Crippen LogP contribution in [0.5, 0.6) is 0 Å². The van der Waals surface area contributed by atoms with Crippen molar-refractivity contribution in [1.82, 2.24) is 10.0 Å². The van der Waals surface area contributed by atoms with Crippen LogP contribution in [0.4, 0.5) is 4.79 Å². The van der Waals surface area contributed by atoms with E-state index in [2.05, 4.69) is 10.0 Å². The lowest BCUT2D eigenvalue weighted by molar-refractivity contribution is 0.0521. The van der Waals surface area contributed by atoms with Gasteiger partial charge in [-0.25, -0.2) is 17.9 Å². The Labute approximate surface area is 143 Å². The van der Waals surface area contributed by atoms with Gasteiger partial charge in [0.05, 0.1) is 16.5 Å². The highest BCUT2D eigenvalue weighted by Gasteiger charge is 2.18. The van der Waals surface area contributed by atoms with Gasteiger partial charge in [-0.3, -0.25) is 0 Å². The number of nitrogens with one attached hydrogen (secondary N) is 2. The van der Waals surface area contributed by atoms with Crippen LogP contribution in [0.2, 0.25) is 0 Å². The Bertz CT molecular complexity index is 700. The molecule has 1 amide bonds. The molecule has 132 valence electrons. The van der Waals surface area contributed by atoms with Crippen LogP contribution in [0.15, 0.2) is 29.2 Å². The van der Waals surface area contributed by atoms with E-state index in [4.69, 9.17) is 10.00 Å². The maximum Gasteiger partial charge on any atom is 0.407 e. The first-order valence-electron chi connectivity index (χ1n) is 7.50. The van der Waals surface area contributed by atoms with Crippen LogP contribution in [0.3, 0.4) is 0 Å². The van der Waals surface area contributed by atoms with Crippen molar-refractivity contribution in [1.29, 1.82) is 5.26 Å². The monoisotopic (exact) mass is 353 g/mol. The Morgan fingerprint density at radius 2 is 1.83 bits per heavy atom. The summed E-state index contributed by atoms with van der Waals surface area (Å²) in [7, 11) is -3.65. The van der Waals surface area contributed by atoms with Gasteiger partial charge in [0.15, 0.2) is 0 Å². The number of nitriles is 1. The van der Waals surface area contributed by atoms with Gasteiger partial charge in [0, 0.05) is 13.1 Å². The van der Waals surface area contributed by atoms with Crippen molar-refractivity contribution in [3.63, 3.8) is 0 Å². The third kappa shape index (κ3) is 6.98. The summed E-state index contributed by atoms with van der Waals surface area (Å²) in [6.45, 7) is 7.55. The zero-order valence-electron chi connectivity index (χ0n) is 14.3. The SMILES string of the molecule is C[C@H](CNC(=O)OC(C)(C)C)CNS(=O)(=O)c1ccc(C#N)cc1. The van der Waals surface area contributed by atoms with Gasteiger partial charge < -0.3 is 10.1 Å². The lowest BCUT2D eigenvalue weighted by atomic mass is 10.2. The smallest absolute Gasteiger partial charge is 0.407 e.